The van der Waals surface area contributed by atoms with Gasteiger partial charge in [0.25, 0.3) is 0 Å². The number of aryl methyl sites for hydroxylation is 1. The highest BCUT2D eigenvalue weighted by atomic mass is 28.4. The maximum absolute atomic E-state index is 6.21. The van der Waals surface area contributed by atoms with E-state index in [4.69, 9.17) is 9.42 Å². The minimum Gasteiger partial charge on any atom is -0.543 e. The third kappa shape index (κ3) is 4.45. The predicted molar refractivity (Wildman–Crippen MR) is 105 cm³/mol. The van der Waals surface area contributed by atoms with E-state index in [0.717, 1.165) is 28.5 Å². The summed E-state index contributed by atoms with van der Waals surface area (Å²) < 4.78 is 8.03. The Balaban J connectivity index is 2.11. The molecule has 3 rings (SSSR count). The molecular formula is C20H23N3OSi. The lowest BCUT2D eigenvalue weighted by atomic mass is 10.2. The summed E-state index contributed by atoms with van der Waals surface area (Å²) in [5.74, 6) is 1.60. The molecule has 0 radical (unpaired) electrons. The zero-order valence-corrected chi connectivity index (χ0v) is 16.1. The molecule has 2 aromatic carbocycles. The monoisotopic (exact) mass is 349 g/mol. The van der Waals surface area contributed by atoms with Crippen LogP contribution in [0.2, 0.25) is 19.6 Å². The molecule has 0 bridgehead atoms. The van der Waals surface area contributed by atoms with Crippen molar-refractivity contribution in [1.82, 2.24) is 9.78 Å². The van der Waals surface area contributed by atoms with E-state index in [1.54, 1.807) is 0 Å². The number of hydrogen-bond donors (Lipinski definition) is 0. The minimum atomic E-state index is -1.73. The molecule has 0 spiro atoms. The number of hydrogen-bond acceptors (Lipinski definition) is 3. The van der Waals surface area contributed by atoms with Crippen molar-refractivity contribution in [2.45, 2.75) is 26.6 Å². The number of aromatic nitrogens is 2. The lowest BCUT2D eigenvalue weighted by Gasteiger charge is -2.20. The van der Waals surface area contributed by atoms with Crippen LogP contribution in [0.25, 0.3) is 0 Å². The molecule has 128 valence electrons. The lowest BCUT2D eigenvalue weighted by Crippen LogP contribution is -2.29. The van der Waals surface area contributed by atoms with Gasteiger partial charge in [0.1, 0.15) is 11.4 Å². The smallest absolute Gasteiger partial charge is 0.242 e. The minimum absolute atomic E-state index is 0.778. The van der Waals surface area contributed by atoms with Crippen LogP contribution in [0.4, 0.5) is 5.69 Å². The van der Waals surface area contributed by atoms with Crippen molar-refractivity contribution in [1.29, 1.82) is 0 Å². The van der Waals surface area contributed by atoms with E-state index in [-0.39, 0.29) is 0 Å². The average Bonchev–Trinajstić information content (AvgIpc) is 2.99. The van der Waals surface area contributed by atoms with E-state index in [9.17, 15) is 0 Å². The van der Waals surface area contributed by atoms with Gasteiger partial charge in [0.05, 0.1) is 5.69 Å². The molecule has 0 saturated carbocycles. The van der Waals surface area contributed by atoms with Gasteiger partial charge in [-0.3, -0.25) is 0 Å². The van der Waals surface area contributed by atoms with Crippen LogP contribution in [0.5, 0.6) is 5.75 Å². The lowest BCUT2D eigenvalue weighted by molar-refractivity contribution is 0.559. The van der Waals surface area contributed by atoms with Gasteiger partial charge in [-0.05, 0) is 44.8 Å². The first kappa shape index (κ1) is 17.2. The highest BCUT2D eigenvalue weighted by Crippen LogP contribution is 2.30. The summed E-state index contributed by atoms with van der Waals surface area (Å²) in [5, 5.41) is 4.54. The van der Waals surface area contributed by atoms with Gasteiger partial charge in [-0.25, -0.2) is 9.67 Å². The molecule has 0 N–H and O–H groups in total. The molecule has 3 aromatic rings. The van der Waals surface area contributed by atoms with Gasteiger partial charge >= 0.3 is 0 Å². The van der Waals surface area contributed by atoms with Crippen LogP contribution in [0.3, 0.4) is 0 Å². The largest absolute Gasteiger partial charge is 0.543 e. The topological polar surface area (TPSA) is 39.4 Å². The van der Waals surface area contributed by atoms with E-state index >= 15 is 0 Å². The summed E-state index contributed by atoms with van der Waals surface area (Å²) in [6.45, 7) is 8.48. The third-order valence-corrected chi connectivity index (χ3v) is 4.31. The Morgan fingerprint density at radius 2 is 1.64 bits per heavy atom. The first-order valence-electron chi connectivity index (χ1n) is 8.37. The van der Waals surface area contributed by atoms with Crippen molar-refractivity contribution >= 4 is 19.8 Å². The molecule has 0 amide bonds. The first-order chi connectivity index (χ1) is 11.9. The Labute approximate surface area is 149 Å². The fourth-order valence-corrected chi connectivity index (χ4v) is 3.28. The number of benzene rings is 2. The Morgan fingerprint density at radius 3 is 2.28 bits per heavy atom. The fraction of sp³-hybridized carbons (Fsp3) is 0.200. The summed E-state index contributed by atoms with van der Waals surface area (Å²) in [6.07, 6.45) is 1.93. The number of aliphatic imine (C=N–C) groups is 1. The SMILES string of the molecule is Cc1ccn(C(=Nc2ccccc2O[Si](C)(C)C)c2ccccc2)n1. The van der Waals surface area contributed by atoms with Gasteiger partial charge in [-0.1, -0.05) is 42.5 Å². The van der Waals surface area contributed by atoms with Gasteiger partial charge in [0, 0.05) is 11.8 Å². The Bertz CT molecular complexity index is 879. The predicted octanol–water partition coefficient (Wildman–Crippen LogP) is 5.03. The average molecular weight is 350 g/mol. The van der Waals surface area contributed by atoms with Crippen molar-refractivity contribution in [3.8, 4) is 5.75 Å². The molecule has 0 saturated heterocycles. The molecule has 0 fully saturated rings. The summed E-state index contributed by atoms with van der Waals surface area (Å²) in [7, 11) is -1.73. The highest BCUT2D eigenvalue weighted by Gasteiger charge is 2.18. The summed E-state index contributed by atoms with van der Waals surface area (Å²) in [5.41, 5.74) is 2.78. The van der Waals surface area contributed by atoms with Crippen LogP contribution in [0, 0.1) is 6.92 Å². The van der Waals surface area contributed by atoms with Crippen LogP contribution in [0.1, 0.15) is 11.3 Å². The second kappa shape index (κ2) is 7.07. The van der Waals surface area contributed by atoms with Crippen LogP contribution < -0.4 is 4.43 Å². The molecule has 0 atom stereocenters. The van der Waals surface area contributed by atoms with Gasteiger partial charge in [0.15, 0.2) is 5.84 Å². The quantitative estimate of drug-likeness (QED) is 0.376. The standard InChI is InChI=1S/C20H23N3OSi/c1-16-14-15-23(22-16)20(17-10-6-5-7-11-17)21-18-12-8-9-13-19(18)24-25(2,3)4/h5-15H,1-4H3. The van der Waals surface area contributed by atoms with E-state index in [1.807, 2.05) is 78.5 Å². The molecule has 0 aliphatic carbocycles. The van der Waals surface area contributed by atoms with Crippen LogP contribution in [-0.2, 0) is 0 Å². The van der Waals surface area contributed by atoms with E-state index < -0.39 is 8.32 Å². The second-order valence-corrected chi connectivity index (χ2v) is 11.3. The molecule has 0 aliphatic heterocycles. The second-order valence-electron chi connectivity index (χ2n) is 6.89. The van der Waals surface area contributed by atoms with Crippen LogP contribution in [-0.4, -0.2) is 23.9 Å². The molecule has 25 heavy (non-hydrogen) atoms. The van der Waals surface area contributed by atoms with Crippen molar-refractivity contribution in [3.05, 3.63) is 78.1 Å². The maximum Gasteiger partial charge on any atom is 0.242 e. The number of rotatable bonds is 4. The Morgan fingerprint density at radius 1 is 0.960 bits per heavy atom. The summed E-state index contributed by atoms with van der Waals surface area (Å²) in [4.78, 5) is 4.91. The Kier molecular flexibility index (Phi) is 4.85. The third-order valence-electron chi connectivity index (χ3n) is 3.48. The molecule has 0 unspecified atom stereocenters. The van der Waals surface area contributed by atoms with E-state index in [0.29, 0.717) is 0 Å². The van der Waals surface area contributed by atoms with Crippen molar-refractivity contribution < 1.29 is 4.43 Å². The number of nitrogens with zero attached hydrogens (tertiary/aromatic N) is 3. The van der Waals surface area contributed by atoms with Crippen LogP contribution in [0.15, 0.2) is 71.9 Å². The molecular weight excluding hydrogens is 326 g/mol. The van der Waals surface area contributed by atoms with Crippen molar-refractivity contribution in [2.24, 2.45) is 4.99 Å². The van der Waals surface area contributed by atoms with Gasteiger partial charge < -0.3 is 4.43 Å². The van der Waals surface area contributed by atoms with Crippen molar-refractivity contribution in [2.75, 3.05) is 0 Å². The fourth-order valence-electron chi connectivity index (χ4n) is 2.45. The van der Waals surface area contributed by atoms with Gasteiger partial charge in [-0.2, -0.15) is 5.10 Å². The van der Waals surface area contributed by atoms with E-state index in [2.05, 4.69) is 24.7 Å². The normalized spacial score (nSPS) is 12.2. The summed E-state index contributed by atoms with van der Waals surface area (Å²) >= 11 is 0. The van der Waals surface area contributed by atoms with Gasteiger partial charge in [-0.15, -0.1) is 0 Å². The van der Waals surface area contributed by atoms with Crippen molar-refractivity contribution in [3.63, 3.8) is 0 Å². The molecule has 1 heterocycles. The summed E-state index contributed by atoms with van der Waals surface area (Å²) in [6, 6.07) is 20.0. The number of para-hydroxylation sites is 2. The van der Waals surface area contributed by atoms with Crippen LogP contribution >= 0.6 is 0 Å². The van der Waals surface area contributed by atoms with Gasteiger partial charge in [0.2, 0.25) is 8.32 Å². The molecule has 0 aliphatic rings. The zero-order valence-electron chi connectivity index (χ0n) is 15.1. The Hall–Kier alpha value is -2.66. The zero-order chi connectivity index (χ0) is 17.9. The molecule has 1 aromatic heterocycles. The first-order valence-corrected chi connectivity index (χ1v) is 11.8. The molecule has 4 nitrogen and oxygen atoms in total. The molecule has 5 heteroatoms. The maximum atomic E-state index is 6.21. The highest BCUT2D eigenvalue weighted by molar-refractivity contribution is 6.70. The van der Waals surface area contributed by atoms with E-state index in [1.165, 1.54) is 0 Å².